The van der Waals surface area contributed by atoms with Crippen LogP contribution >= 0.6 is 0 Å². The summed E-state index contributed by atoms with van der Waals surface area (Å²) < 4.78 is 0. The highest BCUT2D eigenvalue weighted by Crippen LogP contribution is 2.40. The summed E-state index contributed by atoms with van der Waals surface area (Å²) >= 11 is 0. The number of aliphatic hydroxyl groups is 1. The summed E-state index contributed by atoms with van der Waals surface area (Å²) in [5.74, 6) is -0.137. The minimum absolute atomic E-state index is 0.00873. The molecule has 2 aliphatic rings. The van der Waals surface area contributed by atoms with Crippen LogP contribution in [0.1, 0.15) is 52.4 Å². The average Bonchev–Trinajstić information content (AvgIpc) is 2.70. The Morgan fingerprint density at radius 1 is 1.11 bits per heavy atom. The van der Waals surface area contributed by atoms with Crippen molar-refractivity contribution in [2.75, 3.05) is 13.2 Å². The second-order valence-corrected chi connectivity index (χ2v) is 6.13. The smallest absolute Gasteiger partial charge is 0.233 e. The summed E-state index contributed by atoms with van der Waals surface area (Å²) in [6.07, 6.45) is 5.40. The molecule has 0 spiro atoms. The summed E-state index contributed by atoms with van der Waals surface area (Å²) in [6, 6.07) is 0. The third kappa shape index (κ3) is 2.42. The third-order valence-electron chi connectivity index (χ3n) is 5.26. The number of hydrogen-bond donors (Lipinski definition) is 1. The van der Waals surface area contributed by atoms with Crippen molar-refractivity contribution in [3.8, 4) is 0 Å². The van der Waals surface area contributed by atoms with Gasteiger partial charge in [-0.2, -0.15) is 0 Å². The van der Waals surface area contributed by atoms with Gasteiger partial charge in [-0.3, -0.25) is 14.5 Å². The van der Waals surface area contributed by atoms with E-state index in [0.717, 1.165) is 38.5 Å². The van der Waals surface area contributed by atoms with E-state index in [0.29, 0.717) is 6.54 Å². The number of rotatable bonds is 5. The van der Waals surface area contributed by atoms with E-state index in [-0.39, 0.29) is 35.7 Å². The fourth-order valence-corrected chi connectivity index (χ4v) is 3.47. The third-order valence-corrected chi connectivity index (χ3v) is 5.26. The Balaban J connectivity index is 2.16. The van der Waals surface area contributed by atoms with E-state index in [4.69, 9.17) is 0 Å². The van der Waals surface area contributed by atoms with Crippen molar-refractivity contribution in [3.05, 3.63) is 0 Å². The van der Waals surface area contributed by atoms with Crippen molar-refractivity contribution < 1.29 is 14.7 Å². The number of fused-ring (bicyclic) bond motifs is 1. The van der Waals surface area contributed by atoms with Crippen LogP contribution in [0.3, 0.4) is 0 Å². The second-order valence-electron chi connectivity index (χ2n) is 6.13. The number of carbonyl (C=O) groups is 2. The van der Waals surface area contributed by atoms with Crippen molar-refractivity contribution in [3.63, 3.8) is 0 Å². The van der Waals surface area contributed by atoms with Crippen LogP contribution < -0.4 is 0 Å². The first-order valence-electron chi connectivity index (χ1n) is 7.54. The molecule has 2 amide bonds. The van der Waals surface area contributed by atoms with Gasteiger partial charge in [0.2, 0.25) is 11.8 Å². The fourth-order valence-electron chi connectivity index (χ4n) is 3.47. The predicted molar refractivity (Wildman–Crippen MR) is 72.3 cm³/mol. The van der Waals surface area contributed by atoms with Gasteiger partial charge in [-0.05, 0) is 25.7 Å². The molecule has 1 aliphatic heterocycles. The normalized spacial score (nSPS) is 27.8. The lowest BCUT2D eigenvalue weighted by molar-refractivity contribution is -0.142. The second kappa shape index (κ2) is 5.61. The van der Waals surface area contributed by atoms with Gasteiger partial charge in [0.05, 0.1) is 18.4 Å². The number of aliphatic hydroxyl groups excluding tert-OH is 1. The van der Waals surface area contributed by atoms with Gasteiger partial charge in [0.1, 0.15) is 0 Å². The summed E-state index contributed by atoms with van der Waals surface area (Å²) in [5.41, 5.74) is -0.321. The van der Waals surface area contributed by atoms with Gasteiger partial charge in [0.25, 0.3) is 0 Å². The molecule has 0 aromatic rings. The van der Waals surface area contributed by atoms with E-state index in [1.165, 1.54) is 4.90 Å². The summed E-state index contributed by atoms with van der Waals surface area (Å²) in [5, 5.41) is 9.62. The molecule has 2 fully saturated rings. The van der Waals surface area contributed by atoms with E-state index in [9.17, 15) is 14.7 Å². The van der Waals surface area contributed by atoms with Gasteiger partial charge in [0.15, 0.2) is 0 Å². The molecule has 1 aliphatic carbocycles. The molecule has 1 N–H and O–H groups in total. The molecule has 0 bridgehead atoms. The maximum absolute atomic E-state index is 12.4. The molecule has 2 atom stereocenters. The summed E-state index contributed by atoms with van der Waals surface area (Å²) in [4.78, 5) is 26.2. The Labute approximate surface area is 115 Å². The lowest BCUT2D eigenvalue weighted by Crippen LogP contribution is -2.43. The van der Waals surface area contributed by atoms with Crippen LogP contribution in [0.25, 0.3) is 0 Å². The van der Waals surface area contributed by atoms with E-state index in [2.05, 4.69) is 0 Å². The van der Waals surface area contributed by atoms with E-state index >= 15 is 0 Å². The highest BCUT2D eigenvalue weighted by atomic mass is 16.3. The number of amides is 2. The van der Waals surface area contributed by atoms with E-state index < -0.39 is 0 Å². The molecule has 19 heavy (non-hydrogen) atoms. The first-order valence-corrected chi connectivity index (χ1v) is 7.54. The number of nitrogens with zero attached hydrogens (tertiary/aromatic N) is 1. The molecule has 4 heteroatoms. The van der Waals surface area contributed by atoms with Crippen molar-refractivity contribution in [1.29, 1.82) is 0 Å². The lowest BCUT2D eigenvalue weighted by atomic mass is 9.81. The molecule has 2 unspecified atom stereocenters. The van der Waals surface area contributed by atoms with Crippen LogP contribution in [0.4, 0.5) is 0 Å². The zero-order chi connectivity index (χ0) is 14.0. The number of likely N-dealkylation sites (tertiary alicyclic amines) is 1. The Bertz CT molecular complexity index is 330. The van der Waals surface area contributed by atoms with Crippen LogP contribution in [-0.2, 0) is 9.59 Å². The molecular formula is C15H25NO3. The first-order chi connectivity index (χ1) is 9.08. The summed E-state index contributed by atoms with van der Waals surface area (Å²) in [7, 11) is 0. The number of hydrogen-bond acceptors (Lipinski definition) is 3. The number of imide groups is 1. The standard InChI is InChI=1S/C15H25NO3/c1-3-15(4-2,10-17)9-16-13(18)11-7-5-6-8-12(11)14(16)19/h11-12,17H,3-10H2,1-2H3. The molecule has 0 aromatic heterocycles. The summed E-state index contributed by atoms with van der Waals surface area (Å²) in [6.45, 7) is 4.45. The van der Waals surface area contributed by atoms with Gasteiger partial charge >= 0.3 is 0 Å². The van der Waals surface area contributed by atoms with Crippen LogP contribution in [0.5, 0.6) is 0 Å². The Morgan fingerprint density at radius 2 is 1.58 bits per heavy atom. The van der Waals surface area contributed by atoms with Gasteiger partial charge in [-0.15, -0.1) is 0 Å². The average molecular weight is 267 g/mol. The van der Waals surface area contributed by atoms with Crippen molar-refractivity contribution in [2.24, 2.45) is 17.3 Å². The van der Waals surface area contributed by atoms with Gasteiger partial charge in [-0.1, -0.05) is 26.7 Å². The Hall–Kier alpha value is -0.900. The minimum atomic E-state index is -0.321. The van der Waals surface area contributed by atoms with Gasteiger partial charge in [0, 0.05) is 12.0 Å². The quantitative estimate of drug-likeness (QED) is 0.775. The van der Waals surface area contributed by atoms with E-state index in [1.807, 2.05) is 13.8 Å². The molecule has 2 rings (SSSR count). The molecule has 1 saturated heterocycles. The zero-order valence-electron chi connectivity index (χ0n) is 12.0. The van der Waals surface area contributed by atoms with Crippen molar-refractivity contribution >= 4 is 11.8 Å². The molecule has 1 saturated carbocycles. The van der Waals surface area contributed by atoms with Crippen LogP contribution in [0.15, 0.2) is 0 Å². The van der Waals surface area contributed by atoms with Gasteiger partial charge in [-0.25, -0.2) is 0 Å². The van der Waals surface area contributed by atoms with Gasteiger partial charge < -0.3 is 5.11 Å². The highest BCUT2D eigenvalue weighted by molar-refractivity contribution is 6.05. The monoisotopic (exact) mass is 267 g/mol. The maximum Gasteiger partial charge on any atom is 0.233 e. The fraction of sp³-hybridized carbons (Fsp3) is 0.867. The molecule has 108 valence electrons. The molecule has 0 radical (unpaired) electrons. The Morgan fingerprint density at radius 3 is 1.95 bits per heavy atom. The molecule has 1 heterocycles. The predicted octanol–water partition coefficient (Wildman–Crippen LogP) is 1.96. The SMILES string of the molecule is CCC(CC)(CO)CN1C(=O)C2CCCCC2C1=O. The molecular weight excluding hydrogens is 242 g/mol. The van der Waals surface area contributed by atoms with Crippen LogP contribution in [0, 0.1) is 17.3 Å². The van der Waals surface area contributed by atoms with Crippen molar-refractivity contribution in [2.45, 2.75) is 52.4 Å². The van der Waals surface area contributed by atoms with Crippen LogP contribution in [-0.4, -0.2) is 35.0 Å². The van der Waals surface area contributed by atoms with Crippen molar-refractivity contribution in [1.82, 2.24) is 4.90 Å². The lowest BCUT2D eigenvalue weighted by Gasteiger charge is -2.33. The highest BCUT2D eigenvalue weighted by Gasteiger charge is 2.49. The topological polar surface area (TPSA) is 57.6 Å². The zero-order valence-corrected chi connectivity index (χ0v) is 12.0. The Kier molecular flexibility index (Phi) is 4.29. The number of carbonyl (C=O) groups excluding carboxylic acids is 2. The first kappa shape index (κ1) is 14.5. The van der Waals surface area contributed by atoms with Crippen LogP contribution in [0.2, 0.25) is 0 Å². The largest absolute Gasteiger partial charge is 0.396 e. The molecule has 0 aromatic carbocycles. The molecule has 4 nitrogen and oxygen atoms in total. The maximum atomic E-state index is 12.4. The minimum Gasteiger partial charge on any atom is -0.396 e. The van der Waals surface area contributed by atoms with E-state index in [1.54, 1.807) is 0 Å².